The predicted molar refractivity (Wildman–Crippen MR) is 129 cm³/mol. The van der Waals surface area contributed by atoms with Gasteiger partial charge in [-0.1, -0.05) is 36.4 Å². The van der Waals surface area contributed by atoms with E-state index in [4.69, 9.17) is 0 Å². The van der Waals surface area contributed by atoms with Crippen LogP contribution >= 0.6 is 0 Å². The molecule has 1 aliphatic heterocycles. The lowest BCUT2D eigenvalue weighted by molar-refractivity contribution is 0.112. The van der Waals surface area contributed by atoms with Crippen molar-refractivity contribution in [2.75, 3.05) is 4.90 Å². The van der Waals surface area contributed by atoms with Gasteiger partial charge in [-0.3, -0.25) is 9.36 Å². The lowest BCUT2D eigenvalue weighted by Gasteiger charge is -2.21. The highest BCUT2D eigenvalue weighted by molar-refractivity contribution is 6.02. The van der Waals surface area contributed by atoms with Crippen molar-refractivity contribution in [1.29, 1.82) is 0 Å². The van der Waals surface area contributed by atoms with E-state index in [9.17, 15) is 4.79 Å². The third-order valence-electron chi connectivity index (χ3n) is 6.26. The van der Waals surface area contributed by atoms with Crippen LogP contribution in [-0.4, -0.2) is 25.2 Å². The molecule has 5 aromatic rings. The van der Waals surface area contributed by atoms with Crippen LogP contribution in [0.5, 0.6) is 0 Å². The molecule has 1 aliphatic rings. The van der Waals surface area contributed by atoms with Gasteiger partial charge in [0.15, 0.2) is 6.29 Å². The van der Waals surface area contributed by atoms with Gasteiger partial charge in [0.05, 0.1) is 5.52 Å². The van der Waals surface area contributed by atoms with Crippen LogP contribution in [0.4, 0.5) is 5.82 Å². The average molecular weight is 434 g/mol. The van der Waals surface area contributed by atoms with E-state index in [1.165, 1.54) is 11.1 Å². The van der Waals surface area contributed by atoms with Crippen LogP contribution in [0.15, 0.2) is 73.2 Å². The molecule has 0 unspecified atom stereocenters. The fourth-order valence-corrected chi connectivity index (χ4v) is 4.91. The SMILES string of the molecule is Cc1cc(C)nc(-n2cc3c(c2)CN(c2c(-c4ccccc4)c(C=O)c4ccccn24)C3)n1. The third-order valence-corrected chi connectivity index (χ3v) is 6.26. The summed E-state index contributed by atoms with van der Waals surface area (Å²) in [5.41, 5.74) is 8.08. The lowest BCUT2D eigenvalue weighted by atomic mass is 10.0. The topological polar surface area (TPSA) is 55.4 Å². The smallest absolute Gasteiger partial charge is 0.234 e. The van der Waals surface area contributed by atoms with Gasteiger partial charge in [-0.25, -0.2) is 9.97 Å². The maximum absolute atomic E-state index is 12.2. The highest BCUT2D eigenvalue weighted by Crippen LogP contribution is 2.41. The Morgan fingerprint density at radius 2 is 1.55 bits per heavy atom. The molecule has 0 saturated heterocycles. The van der Waals surface area contributed by atoms with Crippen LogP contribution in [0.2, 0.25) is 0 Å². The predicted octanol–water partition coefficient (Wildman–Crippen LogP) is 5.14. The molecule has 0 N–H and O–H groups in total. The van der Waals surface area contributed by atoms with Gasteiger partial charge in [-0.2, -0.15) is 0 Å². The number of pyridine rings is 1. The number of fused-ring (bicyclic) bond motifs is 2. The Hall–Kier alpha value is -4.19. The highest BCUT2D eigenvalue weighted by atomic mass is 16.1. The summed E-state index contributed by atoms with van der Waals surface area (Å²) in [6, 6.07) is 18.1. The molecule has 0 spiro atoms. The Morgan fingerprint density at radius 1 is 0.879 bits per heavy atom. The zero-order chi connectivity index (χ0) is 22.5. The number of carbonyl (C=O) groups excluding carboxylic acids is 1. The quantitative estimate of drug-likeness (QED) is 0.369. The van der Waals surface area contributed by atoms with Crippen LogP contribution in [-0.2, 0) is 13.1 Å². The van der Waals surface area contributed by atoms with Gasteiger partial charge in [0.1, 0.15) is 5.82 Å². The summed E-state index contributed by atoms with van der Waals surface area (Å²) in [5.74, 6) is 1.75. The highest BCUT2D eigenvalue weighted by Gasteiger charge is 2.29. The van der Waals surface area contributed by atoms with E-state index < -0.39 is 0 Å². The molecule has 6 rings (SSSR count). The molecule has 6 nitrogen and oxygen atoms in total. The van der Waals surface area contributed by atoms with E-state index in [1.807, 2.05) is 67.1 Å². The minimum Gasteiger partial charge on any atom is -0.348 e. The Labute approximate surface area is 191 Å². The molecule has 5 heterocycles. The first kappa shape index (κ1) is 19.5. The third kappa shape index (κ3) is 3.14. The average Bonchev–Trinajstić information content (AvgIpc) is 3.48. The second-order valence-corrected chi connectivity index (χ2v) is 8.57. The summed E-state index contributed by atoms with van der Waals surface area (Å²) in [5, 5.41) is 0. The maximum atomic E-state index is 12.2. The van der Waals surface area contributed by atoms with Crippen molar-refractivity contribution in [2.45, 2.75) is 26.9 Å². The van der Waals surface area contributed by atoms with Crippen molar-refractivity contribution >= 4 is 17.6 Å². The second kappa shape index (κ2) is 7.45. The van der Waals surface area contributed by atoms with Crippen LogP contribution in [0, 0.1) is 13.8 Å². The first-order valence-corrected chi connectivity index (χ1v) is 11.0. The van der Waals surface area contributed by atoms with Gasteiger partial charge in [-0.05, 0) is 48.7 Å². The van der Waals surface area contributed by atoms with E-state index in [2.05, 4.69) is 43.8 Å². The first-order chi connectivity index (χ1) is 16.1. The van der Waals surface area contributed by atoms with Crippen LogP contribution in [0.25, 0.3) is 22.6 Å². The summed E-state index contributed by atoms with van der Waals surface area (Å²) >= 11 is 0. The lowest BCUT2D eigenvalue weighted by Crippen LogP contribution is -2.18. The minimum atomic E-state index is 0.704. The number of aryl methyl sites for hydroxylation is 2. The number of aromatic nitrogens is 4. The van der Waals surface area contributed by atoms with Crippen molar-refractivity contribution in [1.82, 2.24) is 18.9 Å². The van der Waals surface area contributed by atoms with E-state index in [0.29, 0.717) is 5.95 Å². The summed E-state index contributed by atoms with van der Waals surface area (Å²) in [7, 11) is 0. The number of hydrogen-bond acceptors (Lipinski definition) is 4. The summed E-state index contributed by atoms with van der Waals surface area (Å²) in [6.45, 7) is 5.49. The number of anilines is 1. The monoisotopic (exact) mass is 433 g/mol. The van der Waals surface area contributed by atoms with Gasteiger partial charge < -0.3 is 9.30 Å². The number of aldehydes is 1. The number of hydrogen-bond donors (Lipinski definition) is 0. The summed E-state index contributed by atoms with van der Waals surface area (Å²) < 4.78 is 4.16. The largest absolute Gasteiger partial charge is 0.348 e. The van der Waals surface area contributed by atoms with Gasteiger partial charge in [-0.15, -0.1) is 0 Å². The van der Waals surface area contributed by atoms with Crippen LogP contribution < -0.4 is 4.90 Å². The maximum Gasteiger partial charge on any atom is 0.234 e. The molecule has 0 atom stereocenters. The summed E-state index contributed by atoms with van der Waals surface area (Å²) in [6.07, 6.45) is 7.27. The van der Waals surface area contributed by atoms with Gasteiger partial charge >= 0.3 is 0 Å². The number of carbonyl (C=O) groups is 1. The molecule has 4 aromatic heterocycles. The van der Waals surface area contributed by atoms with Crippen molar-refractivity contribution < 1.29 is 4.79 Å². The number of rotatable bonds is 4. The van der Waals surface area contributed by atoms with Crippen molar-refractivity contribution in [3.63, 3.8) is 0 Å². The van der Waals surface area contributed by atoms with Crippen molar-refractivity contribution in [3.05, 3.63) is 101 Å². The van der Waals surface area contributed by atoms with E-state index in [1.54, 1.807) is 0 Å². The van der Waals surface area contributed by atoms with Crippen molar-refractivity contribution in [3.8, 4) is 17.1 Å². The Bertz CT molecular complexity index is 1470. The molecule has 0 saturated carbocycles. The zero-order valence-corrected chi connectivity index (χ0v) is 18.6. The van der Waals surface area contributed by atoms with Gasteiger partial charge in [0.2, 0.25) is 5.95 Å². The molecule has 1 aromatic carbocycles. The van der Waals surface area contributed by atoms with Gasteiger partial charge in [0.25, 0.3) is 0 Å². The molecule has 0 amide bonds. The fraction of sp³-hybridized carbons (Fsp3) is 0.148. The molecule has 0 aliphatic carbocycles. The Kier molecular flexibility index (Phi) is 4.40. The van der Waals surface area contributed by atoms with Gasteiger partial charge in [0, 0.05) is 54.2 Å². The van der Waals surface area contributed by atoms with Crippen LogP contribution in [0.3, 0.4) is 0 Å². The van der Waals surface area contributed by atoms with E-state index >= 15 is 0 Å². The molecular weight excluding hydrogens is 410 g/mol. The fourth-order valence-electron chi connectivity index (χ4n) is 4.91. The van der Waals surface area contributed by atoms with E-state index in [-0.39, 0.29) is 0 Å². The molecule has 6 heteroatoms. The normalized spacial score (nSPS) is 13.0. The minimum absolute atomic E-state index is 0.704. The molecule has 0 radical (unpaired) electrons. The first-order valence-electron chi connectivity index (χ1n) is 11.0. The Balaban J connectivity index is 1.45. The standard InChI is InChI=1S/C27H23N5O/c1-18-12-19(2)29-27(28-18)31-15-21-13-30(14-22(21)16-31)26-25(20-8-4-3-5-9-20)23(17-33)24-10-6-7-11-32(24)26/h3-12,15-17H,13-14H2,1-2H3. The molecular formula is C27H23N5O. The Morgan fingerprint density at radius 3 is 2.21 bits per heavy atom. The summed E-state index contributed by atoms with van der Waals surface area (Å²) in [4.78, 5) is 23.8. The molecule has 162 valence electrons. The van der Waals surface area contributed by atoms with Crippen LogP contribution in [0.1, 0.15) is 32.9 Å². The zero-order valence-electron chi connectivity index (χ0n) is 18.6. The van der Waals surface area contributed by atoms with Crippen molar-refractivity contribution in [2.24, 2.45) is 0 Å². The molecule has 33 heavy (non-hydrogen) atoms. The molecule has 0 bridgehead atoms. The molecule has 0 fully saturated rings. The van der Waals surface area contributed by atoms with E-state index in [0.717, 1.165) is 58.8 Å². The number of nitrogens with zero attached hydrogens (tertiary/aromatic N) is 5. The number of benzene rings is 1. The second-order valence-electron chi connectivity index (χ2n) is 8.57.